The molecule has 4 heteroatoms. The predicted molar refractivity (Wildman–Crippen MR) is 83.2 cm³/mol. The van der Waals surface area contributed by atoms with Crippen LogP contribution in [0.4, 0.5) is 0 Å². The van der Waals surface area contributed by atoms with Crippen molar-refractivity contribution < 1.29 is 9.90 Å². The largest absolute Gasteiger partial charge is 0.388 e. The Kier molecular flexibility index (Phi) is 5.11. The second-order valence-electron chi connectivity index (χ2n) is 5.55. The molecule has 1 N–H and O–H groups in total. The average molecular weight is 293 g/mol. The summed E-state index contributed by atoms with van der Waals surface area (Å²) in [4.78, 5) is 15.2. The molecule has 1 amide bonds. The van der Waals surface area contributed by atoms with Gasteiger partial charge < -0.3 is 10.0 Å². The van der Waals surface area contributed by atoms with Gasteiger partial charge in [0.2, 0.25) is 0 Å². The van der Waals surface area contributed by atoms with Gasteiger partial charge in [-0.15, -0.1) is 11.8 Å². The molecule has 1 aliphatic rings. The lowest BCUT2D eigenvalue weighted by molar-refractivity contribution is 0.0157. The zero-order valence-corrected chi connectivity index (χ0v) is 13.1. The maximum Gasteiger partial charge on any atom is 0.253 e. The van der Waals surface area contributed by atoms with E-state index in [0.717, 1.165) is 31.4 Å². The molecule has 1 aromatic carbocycles. The number of aliphatic hydroxyl groups is 1. The molecule has 20 heavy (non-hydrogen) atoms. The molecule has 1 saturated carbocycles. The van der Waals surface area contributed by atoms with Crippen LogP contribution in [0.3, 0.4) is 0 Å². The van der Waals surface area contributed by atoms with E-state index in [4.69, 9.17) is 0 Å². The van der Waals surface area contributed by atoms with Crippen LogP contribution in [0.1, 0.15) is 43.0 Å². The SMILES string of the molecule is CCSc1ccc(C(=O)N(C)CC2(O)CCCC2)cc1. The van der Waals surface area contributed by atoms with E-state index in [9.17, 15) is 9.90 Å². The van der Waals surface area contributed by atoms with Crippen LogP contribution in [-0.2, 0) is 0 Å². The van der Waals surface area contributed by atoms with Crippen LogP contribution >= 0.6 is 11.8 Å². The summed E-state index contributed by atoms with van der Waals surface area (Å²) >= 11 is 1.76. The van der Waals surface area contributed by atoms with E-state index in [1.165, 1.54) is 4.90 Å². The Balaban J connectivity index is 1.99. The third kappa shape index (κ3) is 3.76. The normalized spacial score (nSPS) is 17.1. The molecule has 1 fully saturated rings. The summed E-state index contributed by atoms with van der Waals surface area (Å²) in [6, 6.07) is 7.71. The predicted octanol–water partition coefficient (Wildman–Crippen LogP) is 3.18. The van der Waals surface area contributed by atoms with Crippen LogP contribution in [0, 0.1) is 0 Å². The Morgan fingerprint density at radius 2 is 1.90 bits per heavy atom. The van der Waals surface area contributed by atoms with E-state index >= 15 is 0 Å². The van der Waals surface area contributed by atoms with Crippen LogP contribution in [-0.4, -0.2) is 40.9 Å². The Hall–Kier alpha value is -1.00. The zero-order valence-electron chi connectivity index (χ0n) is 12.3. The van der Waals surface area contributed by atoms with Crippen LogP contribution in [0.25, 0.3) is 0 Å². The van der Waals surface area contributed by atoms with E-state index in [-0.39, 0.29) is 5.91 Å². The third-order valence-corrected chi connectivity index (χ3v) is 4.72. The number of carbonyl (C=O) groups is 1. The number of rotatable bonds is 5. The highest BCUT2D eigenvalue weighted by Gasteiger charge is 2.33. The number of nitrogens with zero attached hydrogens (tertiary/aromatic N) is 1. The molecule has 3 nitrogen and oxygen atoms in total. The number of hydrogen-bond donors (Lipinski definition) is 1. The summed E-state index contributed by atoms with van der Waals surface area (Å²) in [5.74, 6) is 1.01. The van der Waals surface area contributed by atoms with Crippen molar-refractivity contribution >= 4 is 17.7 Å². The Morgan fingerprint density at radius 3 is 2.45 bits per heavy atom. The van der Waals surface area contributed by atoms with Gasteiger partial charge in [0.1, 0.15) is 0 Å². The molecule has 0 bridgehead atoms. The fourth-order valence-electron chi connectivity index (χ4n) is 2.79. The minimum absolute atomic E-state index is 0.0154. The second-order valence-corrected chi connectivity index (χ2v) is 6.89. The summed E-state index contributed by atoms with van der Waals surface area (Å²) < 4.78 is 0. The van der Waals surface area contributed by atoms with Gasteiger partial charge in [-0.05, 0) is 42.9 Å². The van der Waals surface area contributed by atoms with Crippen molar-refractivity contribution in [2.75, 3.05) is 19.3 Å². The summed E-state index contributed by atoms with van der Waals surface area (Å²) in [6.07, 6.45) is 3.72. The molecule has 0 heterocycles. The van der Waals surface area contributed by atoms with Gasteiger partial charge >= 0.3 is 0 Å². The van der Waals surface area contributed by atoms with E-state index in [1.807, 2.05) is 24.3 Å². The molecule has 0 atom stereocenters. The van der Waals surface area contributed by atoms with Crippen molar-refractivity contribution in [1.29, 1.82) is 0 Å². The summed E-state index contributed by atoms with van der Waals surface area (Å²) in [5, 5.41) is 10.4. The molecule has 110 valence electrons. The number of hydrogen-bond acceptors (Lipinski definition) is 3. The van der Waals surface area contributed by atoms with Crippen molar-refractivity contribution in [3.8, 4) is 0 Å². The first-order chi connectivity index (χ1) is 9.54. The van der Waals surface area contributed by atoms with E-state index in [1.54, 1.807) is 23.7 Å². The molecule has 0 unspecified atom stereocenters. The molecule has 0 saturated heterocycles. The Labute approximate surface area is 125 Å². The number of carbonyl (C=O) groups excluding carboxylic acids is 1. The van der Waals surface area contributed by atoms with Crippen molar-refractivity contribution in [3.63, 3.8) is 0 Å². The average Bonchev–Trinajstić information content (AvgIpc) is 2.85. The lowest BCUT2D eigenvalue weighted by Crippen LogP contribution is -2.42. The van der Waals surface area contributed by atoms with E-state index < -0.39 is 5.60 Å². The number of likely N-dealkylation sites (N-methyl/N-ethyl adjacent to an activating group) is 1. The highest BCUT2D eigenvalue weighted by Crippen LogP contribution is 2.30. The van der Waals surface area contributed by atoms with Crippen molar-refractivity contribution in [3.05, 3.63) is 29.8 Å². The van der Waals surface area contributed by atoms with Gasteiger partial charge in [-0.1, -0.05) is 19.8 Å². The van der Waals surface area contributed by atoms with Gasteiger partial charge in [0, 0.05) is 24.1 Å². The first-order valence-electron chi connectivity index (χ1n) is 7.25. The van der Waals surface area contributed by atoms with Gasteiger partial charge in [-0.3, -0.25) is 4.79 Å². The summed E-state index contributed by atoms with van der Waals surface area (Å²) in [6.45, 7) is 2.54. The standard InChI is InChI=1S/C16H23NO2S/c1-3-20-14-8-6-13(7-9-14)15(18)17(2)12-16(19)10-4-5-11-16/h6-9,19H,3-5,10-12H2,1-2H3. The third-order valence-electron chi connectivity index (χ3n) is 3.82. The first-order valence-corrected chi connectivity index (χ1v) is 8.23. The number of benzene rings is 1. The van der Waals surface area contributed by atoms with Crippen LogP contribution < -0.4 is 0 Å². The van der Waals surface area contributed by atoms with Gasteiger partial charge in [0.15, 0.2) is 0 Å². The van der Waals surface area contributed by atoms with Gasteiger partial charge in [-0.25, -0.2) is 0 Å². The lowest BCUT2D eigenvalue weighted by atomic mass is 10.0. The maximum absolute atomic E-state index is 12.4. The molecule has 0 spiro atoms. The monoisotopic (exact) mass is 293 g/mol. The zero-order chi connectivity index (χ0) is 14.6. The highest BCUT2D eigenvalue weighted by atomic mass is 32.2. The minimum atomic E-state index is -0.678. The number of amides is 1. The van der Waals surface area contributed by atoms with E-state index in [0.29, 0.717) is 12.1 Å². The first kappa shape index (κ1) is 15.4. The number of thioether (sulfide) groups is 1. The van der Waals surface area contributed by atoms with Crippen molar-refractivity contribution in [2.24, 2.45) is 0 Å². The van der Waals surface area contributed by atoms with Crippen LogP contribution in [0.15, 0.2) is 29.2 Å². The van der Waals surface area contributed by atoms with Gasteiger partial charge in [0.25, 0.3) is 5.91 Å². The molecule has 0 aromatic heterocycles. The van der Waals surface area contributed by atoms with Crippen molar-refractivity contribution in [2.45, 2.75) is 43.1 Å². The fraction of sp³-hybridized carbons (Fsp3) is 0.562. The molecule has 1 aliphatic carbocycles. The highest BCUT2D eigenvalue weighted by molar-refractivity contribution is 7.99. The summed E-state index contributed by atoms with van der Waals surface area (Å²) in [5.41, 5.74) is 0.0112. The molecule has 2 rings (SSSR count). The second kappa shape index (κ2) is 6.64. The van der Waals surface area contributed by atoms with E-state index in [2.05, 4.69) is 6.92 Å². The summed E-state index contributed by atoms with van der Waals surface area (Å²) in [7, 11) is 1.77. The van der Waals surface area contributed by atoms with Crippen molar-refractivity contribution in [1.82, 2.24) is 4.90 Å². The Bertz CT molecular complexity index is 452. The van der Waals surface area contributed by atoms with Crippen LogP contribution in [0.5, 0.6) is 0 Å². The topological polar surface area (TPSA) is 40.5 Å². The molecule has 1 aromatic rings. The Morgan fingerprint density at radius 1 is 1.30 bits per heavy atom. The molecular formula is C16H23NO2S. The van der Waals surface area contributed by atoms with Gasteiger partial charge in [0.05, 0.1) is 5.60 Å². The quantitative estimate of drug-likeness (QED) is 0.848. The lowest BCUT2D eigenvalue weighted by Gasteiger charge is -2.28. The smallest absolute Gasteiger partial charge is 0.253 e. The molecule has 0 radical (unpaired) electrons. The maximum atomic E-state index is 12.4. The minimum Gasteiger partial charge on any atom is -0.388 e. The molecule has 0 aliphatic heterocycles. The fourth-order valence-corrected chi connectivity index (χ4v) is 3.45. The molecular weight excluding hydrogens is 270 g/mol. The van der Waals surface area contributed by atoms with Crippen LogP contribution in [0.2, 0.25) is 0 Å². The van der Waals surface area contributed by atoms with Gasteiger partial charge in [-0.2, -0.15) is 0 Å².